The van der Waals surface area contributed by atoms with Gasteiger partial charge >= 0.3 is 0 Å². The van der Waals surface area contributed by atoms with Crippen LogP contribution in [0.3, 0.4) is 0 Å². The second kappa shape index (κ2) is 9.17. The number of benzene rings is 1. The highest BCUT2D eigenvalue weighted by Gasteiger charge is 2.31. The topological polar surface area (TPSA) is 93.8 Å². The molecule has 3 fully saturated rings. The van der Waals surface area contributed by atoms with Crippen LogP contribution in [0.25, 0.3) is 0 Å². The van der Waals surface area contributed by atoms with Crippen molar-refractivity contribution in [2.45, 2.75) is 31.7 Å². The van der Waals surface area contributed by atoms with Crippen molar-refractivity contribution in [3.8, 4) is 0 Å². The zero-order valence-corrected chi connectivity index (χ0v) is 17.3. The number of nitrogens with one attached hydrogen (secondary N) is 3. The highest BCUT2D eigenvalue weighted by atomic mass is 19.1. The van der Waals surface area contributed by atoms with Crippen molar-refractivity contribution in [3.05, 3.63) is 23.8 Å². The second-order valence-corrected chi connectivity index (χ2v) is 8.27. The lowest BCUT2D eigenvalue weighted by Crippen LogP contribution is -2.51. The van der Waals surface area contributed by atoms with E-state index in [0.29, 0.717) is 26.2 Å². The number of halogens is 2. The number of carbonyl (C=O) groups is 3. The van der Waals surface area contributed by atoms with E-state index in [9.17, 15) is 23.2 Å². The first-order chi connectivity index (χ1) is 14.9. The number of anilines is 2. The molecule has 3 aliphatic rings. The molecular weight excluding hydrogens is 408 g/mol. The Bertz CT molecular complexity index is 844. The van der Waals surface area contributed by atoms with E-state index in [0.717, 1.165) is 38.1 Å². The van der Waals surface area contributed by atoms with Gasteiger partial charge in [0, 0.05) is 44.2 Å². The third-order valence-corrected chi connectivity index (χ3v) is 6.19. The molecule has 1 aromatic carbocycles. The molecule has 3 heterocycles. The lowest BCUT2D eigenvalue weighted by atomic mass is 9.96. The Hall–Kier alpha value is -2.75. The minimum Gasteiger partial charge on any atom is -0.373 e. The van der Waals surface area contributed by atoms with Crippen molar-refractivity contribution in [1.29, 1.82) is 0 Å². The van der Waals surface area contributed by atoms with Gasteiger partial charge in [0.25, 0.3) is 0 Å². The van der Waals surface area contributed by atoms with Crippen LogP contribution in [-0.2, 0) is 14.4 Å². The summed E-state index contributed by atoms with van der Waals surface area (Å²) >= 11 is 0. The Morgan fingerprint density at radius 3 is 2.26 bits per heavy atom. The van der Waals surface area contributed by atoms with Crippen molar-refractivity contribution >= 4 is 29.1 Å². The smallest absolute Gasteiger partial charge is 0.249 e. The quantitative estimate of drug-likeness (QED) is 0.607. The number of hydrogen-bond acceptors (Lipinski definition) is 6. The molecule has 1 unspecified atom stereocenters. The van der Waals surface area contributed by atoms with E-state index in [1.807, 2.05) is 0 Å². The number of rotatable bonds is 4. The summed E-state index contributed by atoms with van der Waals surface area (Å²) in [7, 11) is 0. The maximum Gasteiger partial charge on any atom is 0.249 e. The van der Waals surface area contributed by atoms with Crippen molar-refractivity contribution < 1.29 is 23.2 Å². The molecule has 3 saturated heterocycles. The fourth-order valence-electron chi connectivity index (χ4n) is 4.46. The number of piperazine rings is 1. The molecule has 0 aliphatic carbocycles. The van der Waals surface area contributed by atoms with Crippen LogP contribution < -0.4 is 20.9 Å². The van der Waals surface area contributed by atoms with Crippen LogP contribution in [0.4, 0.5) is 20.2 Å². The molecule has 8 nitrogen and oxygen atoms in total. The van der Waals surface area contributed by atoms with Gasteiger partial charge in [0.15, 0.2) is 11.6 Å². The van der Waals surface area contributed by atoms with Gasteiger partial charge in [-0.2, -0.15) is 0 Å². The van der Waals surface area contributed by atoms with Crippen molar-refractivity contribution in [1.82, 2.24) is 15.5 Å². The molecule has 0 radical (unpaired) electrons. The van der Waals surface area contributed by atoms with E-state index < -0.39 is 23.6 Å². The summed E-state index contributed by atoms with van der Waals surface area (Å²) in [6, 6.07) is 1.61. The predicted octanol–water partition coefficient (Wildman–Crippen LogP) is 0.830. The van der Waals surface area contributed by atoms with Crippen molar-refractivity contribution in [2.24, 2.45) is 5.92 Å². The Labute approximate surface area is 179 Å². The van der Waals surface area contributed by atoms with E-state index in [4.69, 9.17) is 0 Å². The predicted molar refractivity (Wildman–Crippen MR) is 111 cm³/mol. The Morgan fingerprint density at radius 2 is 1.65 bits per heavy atom. The van der Waals surface area contributed by atoms with Gasteiger partial charge in [-0.05, 0) is 44.5 Å². The third-order valence-electron chi connectivity index (χ3n) is 6.19. The molecule has 1 aromatic rings. The van der Waals surface area contributed by atoms with Gasteiger partial charge in [0.05, 0.1) is 0 Å². The summed E-state index contributed by atoms with van der Waals surface area (Å²) in [5, 5.41) is 8.25. The summed E-state index contributed by atoms with van der Waals surface area (Å²) in [6.45, 7) is 3.24. The first kappa shape index (κ1) is 21.5. The van der Waals surface area contributed by atoms with E-state index in [-0.39, 0.29) is 41.9 Å². The largest absolute Gasteiger partial charge is 0.373 e. The number of imide groups is 1. The molecule has 10 heteroatoms. The van der Waals surface area contributed by atoms with Gasteiger partial charge in [-0.25, -0.2) is 8.78 Å². The van der Waals surface area contributed by atoms with Gasteiger partial charge in [0.1, 0.15) is 11.7 Å². The number of amides is 3. The highest BCUT2D eigenvalue weighted by molar-refractivity contribution is 6.01. The normalized spacial score (nSPS) is 23.0. The molecule has 3 aliphatic heterocycles. The Kier molecular flexibility index (Phi) is 6.35. The van der Waals surface area contributed by atoms with E-state index in [1.165, 1.54) is 0 Å². The van der Waals surface area contributed by atoms with Gasteiger partial charge < -0.3 is 20.4 Å². The first-order valence-corrected chi connectivity index (χ1v) is 10.8. The van der Waals surface area contributed by atoms with E-state index in [1.54, 1.807) is 9.80 Å². The van der Waals surface area contributed by atoms with Crippen LogP contribution in [0.15, 0.2) is 12.1 Å². The minimum absolute atomic E-state index is 0.0268. The lowest BCUT2D eigenvalue weighted by Gasteiger charge is -2.38. The monoisotopic (exact) mass is 435 g/mol. The maximum absolute atomic E-state index is 14.8. The average Bonchev–Trinajstić information content (AvgIpc) is 2.76. The third kappa shape index (κ3) is 4.79. The van der Waals surface area contributed by atoms with Crippen LogP contribution in [0.5, 0.6) is 0 Å². The number of carbonyl (C=O) groups excluding carboxylic acids is 3. The van der Waals surface area contributed by atoms with Gasteiger partial charge in [-0.1, -0.05) is 0 Å². The fourth-order valence-corrected chi connectivity index (χ4v) is 4.46. The van der Waals surface area contributed by atoms with Gasteiger partial charge in [-0.15, -0.1) is 0 Å². The molecule has 3 amide bonds. The summed E-state index contributed by atoms with van der Waals surface area (Å²) in [6.07, 6.45) is 2.09. The van der Waals surface area contributed by atoms with E-state index >= 15 is 0 Å². The molecule has 1 atom stereocenters. The Morgan fingerprint density at radius 1 is 1.00 bits per heavy atom. The minimum atomic E-state index is -0.729. The van der Waals surface area contributed by atoms with Crippen LogP contribution in [0.1, 0.15) is 25.7 Å². The van der Waals surface area contributed by atoms with Gasteiger partial charge in [-0.3, -0.25) is 19.7 Å². The summed E-state index contributed by atoms with van der Waals surface area (Å²) < 4.78 is 29.6. The molecular formula is C21H27F2N5O3. The number of piperidine rings is 2. The molecule has 0 spiro atoms. The highest BCUT2D eigenvalue weighted by Crippen LogP contribution is 2.29. The van der Waals surface area contributed by atoms with Crippen LogP contribution in [0, 0.1) is 17.6 Å². The molecule has 0 aromatic heterocycles. The molecule has 4 rings (SSSR count). The summed E-state index contributed by atoms with van der Waals surface area (Å²) in [5.74, 6) is -2.16. The molecule has 3 N–H and O–H groups in total. The van der Waals surface area contributed by atoms with Crippen molar-refractivity contribution in [3.63, 3.8) is 0 Å². The zero-order chi connectivity index (χ0) is 22.0. The van der Waals surface area contributed by atoms with Crippen molar-refractivity contribution in [2.75, 3.05) is 49.5 Å². The SMILES string of the molecule is O=C1CCC(Nc2cc(F)c(N3CCN(C(=O)C4CCNCC4)CC3)c(F)c2)C(=O)N1. The Balaban J connectivity index is 1.38. The first-order valence-electron chi connectivity index (χ1n) is 10.8. The molecule has 0 bridgehead atoms. The molecule has 0 saturated carbocycles. The standard InChI is InChI=1S/C21H27F2N5O3/c22-15-11-14(25-17-1-2-18(29)26-20(17)30)12-16(23)19(15)27-7-9-28(10-8-27)21(31)13-3-5-24-6-4-13/h11-13,17,24-25H,1-10H2,(H,26,29,30). The molecule has 31 heavy (non-hydrogen) atoms. The molecule has 168 valence electrons. The number of hydrogen-bond donors (Lipinski definition) is 3. The van der Waals surface area contributed by atoms with E-state index in [2.05, 4.69) is 16.0 Å². The second-order valence-electron chi connectivity index (χ2n) is 8.27. The van der Waals surface area contributed by atoms with Gasteiger partial charge in [0.2, 0.25) is 17.7 Å². The lowest BCUT2D eigenvalue weighted by molar-refractivity contribution is -0.137. The summed E-state index contributed by atoms with van der Waals surface area (Å²) in [4.78, 5) is 39.2. The van der Waals surface area contributed by atoms with Crippen LogP contribution in [0.2, 0.25) is 0 Å². The average molecular weight is 435 g/mol. The van der Waals surface area contributed by atoms with Crippen LogP contribution >= 0.6 is 0 Å². The summed E-state index contributed by atoms with van der Waals surface area (Å²) in [5.41, 5.74) is 0.0239. The maximum atomic E-state index is 14.8. The fraction of sp³-hybridized carbons (Fsp3) is 0.571. The zero-order valence-electron chi connectivity index (χ0n) is 17.3. The van der Waals surface area contributed by atoms with Crippen LogP contribution in [-0.4, -0.2) is 67.9 Å². The number of nitrogens with zero attached hydrogens (tertiary/aromatic N) is 2.